The average molecular weight is 411 g/mol. The zero-order valence-corrected chi connectivity index (χ0v) is 16.5. The van der Waals surface area contributed by atoms with Crippen LogP contribution in [-0.4, -0.2) is 0 Å². The van der Waals surface area contributed by atoms with Crippen LogP contribution < -0.4 is 0 Å². The van der Waals surface area contributed by atoms with Crippen LogP contribution in [0.1, 0.15) is 11.5 Å². The lowest BCUT2D eigenvalue weighted by atomic mass is 10.2. The lowest BCUT2D eigenvalue weighted by Gasteiger charge is -2.04. The van der Waals surface area contributed by atoms with Crippen LogP contribution in [0.3, 0.4) is 0 Å². The van der Waals surface area contributed by atoms with Gasteiger partial charge in [-0.25, -0.2) is 0 Å². The molecule has 3 aliphatic heterocycles. The van der Waals surface area contributed by atoms with Gasteiger partial charge in [-0.15, -0.1) is 0 Å². The molecule has 0 fully saturated rings. The van der Waals surface area contributed by atoms with Crippen LogP contribution in [0.25, 0.3) is 11.6 Å². The molecule has 4 rings (SSSR count). The van der Waals surface area contributed by atoms with Gasteiger partial charge < -0.3 is 4.42 Å². The maximum Gasteiger partial charge on any atom is 0.136 e. The van der Waals surface area contributed by atoms with Crippen LogP contribution in [0.5, 0.6) is 0 Å². The fraction of sp³-hybridized carbons (Fsp3) is 0. The molecule has 0 aromatic carbocycles. The van der Waals surface area contributed by atoms with Crippen LogP contribution >= 0.6 is 70.6 Å². The van der Waals surface area contributed by atoms with E-state index in [1.54, 1.807) is 70.6 Å². The van der Waals surface area contributed by atoms with Crippen LogP contribution in [0, 0.1) is 0 Å². The molecule has 0 amide bonds. The molecule has 4 heterocycles. The number of allylic oxidation sites excluding steroid dienone is 2. The van der Waals surface area contributed by atoms with Gasteiger partial charge in [0.05, 0.1) is 8.47 Å². The second kappa shape index (κ2) is 7.80. The van der Waals surface area contributed by atoms with Gasteiger partial charge in [-0.1, -0.05) is 70.6 Å². The standard InChI is InChI=1S/C16H10OS6/c1-2-13(17-11(1)9-14-18-3-4-19-14)12(16-22-7-8-23-16)10-15-20-5-6-21-15/h1-10H. The zero-order valence-electron chi connectivity index (χ0n) is 11.6. The number of thioether (sulfide) groups is 6. The number of hydrogen-bond donors (Lipinski definition) is 0. The summed E-state index contributed by atoms with van der Waals surface area (Å²) in [6.45, 7) is 0. The maximum atomic E-state index is 6.10. The van der Waals surface area contributed by atoms with Crippen molar-refractivity contribution in [1.82, 2.24) is 0 Å². The highest BCUT2D eigenvalue weighted by Crippen LogP contribution is 2.47. The molecule has 116 valence electrons. The molecule has 7 heteroatoms. The first-order valence-corrected chi connectivity index (χ1v) is 11.9. The summed E-state index contributed by atoms with van der Waals surface area (Å²) in [5, 5.41) is 12.7. The van der Waals surface area contributed by atoms with Crippen molar-refractivity contribution < 1.29 is 4.42 Å². The van der Waals surface area contributed by atoms with Crippen molar-refractivity contribution in [1.29, 1.82) is 0 Å². The third-order valence-electron chi connectivity index (χ3n) is 2.89. The minimum absolute atomic E-state index is 0.904. The molecule has 0 bridgehead atoms. The summed E-state index contributed by atoms with van der Waals surface area (Å²) in [5.41, 5.74) is 1.17. The van der Waals surface area contributed by atoms with Crippen molar-refractivity contribution >= 4 is 82.2 Å². The van der Waals surface area contributed by atoms with E-state index < -0.39 is 0 Å². The smallest absolute Gasteiger partial charge is 0.136 e. The van der Waals surface area contributed by atoms with Gasteiger partial charge in [0.1, 0.15) is 11.5 Å². The maximum absolute atomic E-state index is 6.10. The quantitative estimate of drug-likeness (QED) is 0.495. The second-order valence-electron chi connectivity index (χ2n) is 4.35. The molecular formula is C16H10OS6. The van der Waals surface area contributed by atoms with Gasteiger partial charge in [0.15, 0.2) is 0 Å². The Morgan fingerprint density at radius 1 is 0.739 bits per heavy atom. The summed E-state index contributed by atoms with van der Waals surface area (Å²) in [4.78, 5) is 0. The molecule has 1 aromatic rings. The van der Waals surface area contributed by atoms with E-state index in [2.05, 4.69) is 50.7 Å². The molecule has 3 aliphatic rings. The minimum Gasteiger partial charge on any atom is -0.457 e. The third kappa shape index (κ3) is 4.08. The summed E-state index contributed by atoms with van der Waals surface area (Å²) in [5.74, 6) is 1.83. The minimum atomic E-state index is 0.904. The SMILES string of the molecule is C1=CSC(=CC(=C2SC=CS2)c2ccc(C=C3SC=CS3)o2)S1. The Bertz CT molecular complexity index is 763. The Labute approximate surface area is 160 Å². The normalized spacial score (nSPS) is 19.2. The largest absolute Gasteiger partial charge is 0.457 e. The predicted octanol–water partition coefficient (Wildman–Crippen LogP) is 7.94. The molecule has 1 aromatic heterocycles. The third-order valence-corrected chi connectivity index (χ3v) is 9.04. The summed E-state index contributed by atoms with van der Waals surface area (Å²) in [6.07, 6.45) is 4.33. The fourth-order valence-corrected chi connectivity index (χ4v) is 7.04. The first kappa shape index (κ1) is 16.3. The fourth-order valence-electron chi connectivity index (χ4n) is 1.94. The van der Waals surface area contributed by atoms with E-state index in [4.69, 9.17) is 4.42 Å². The number of rotatable bonds is 3. The summed E-state index contributed by atoms with van der Waals surface area (Å²) >= 11 is 10.5. The lowest BCUT2D eigenvalue weighted by Crippen LogP contribution is -1.80. The van der Waals surface area contributed by atoms with Crippen LogP contribution in [0.4, 0.5) is 0 Å². The molecule has 0 N–H and O–H groups in total. The molecule has 0 saturated carbocycles. The summed E-state index contributed by atoms with van der Waals surface area (Å²) in [6, 6.07) is 4.12. The lowest BCUT2D eigenvalue weighted by molar-refractivity contribution is 0.544. The molecule has 0 saturated heterocycles. The summed E-state index contributed by atoms with van der Waals surface area (Å²) in [7, 11) is 0. The molecule has 23 heavy (non-hydrogen) atoms. The van der Waals surface area contributed by atoms with E-state index >= 15 is 0 Å². The average Bonchev–Trinajstić information content (AvgIpc) is 3.34. The monoisotopic (exact) mass is 410 g/mol. The molecule has 0 aliphatic carbocycles. The second-order valence-corrected chi connectivity index (χ2v) is 10.8. The van der Waals surface area contributed by atoms with E-state index in [1.807, 2.05) is 6.07 Å². The Balaban J connectivity index is 1.64. The van der Waals surface area contributed by atoms with Gasteiger partial charge in [0.2, 0.25) is 0 Å². The first-order chi connectivity index (χ1) is 11.4. The van der Waals surface area contributed by atoms with E-state index in [-0.39, 0.29) is 0 Å². The topological polar surface area (TPSA) is 13.1 Å². The predicted molar refractivity (Wildman–Crippen MR) is 115 cm³/mol. The van der Waals surface area contributed by atoms with Crippen LogP contribution in [0.2, 0.25) is 0 Å². The van der Waals surface area contributed by atoms with Crippen LogP contribution in [-0.2, 0) is 0 Å². The summed E-state index contributed by atoms with van der Waals surface area (Å²) < 4.78 is 9.90. The zero-order chi connectivity index (χ0) is 15.5. The highest BCUT2D eigenvalue weighted by atomic mass is 32.2. The Hall–Kier alpha value is -0.180. The number of furan rings is 1. The molecule has 1 nitrogen and oxygen atoms in total. The Morgan fingerprint density at radius 3 is 2.04 bits per heavy atom. The van der Waals surface area contributed by atoms with Gasteiger partial charge in [0, 0.05) is 15.9 Å². The van der Waals surface area contributed by atoms with E-state index in [0.29, 0.717) is 0 Å². The van der Waals surface area contributed by atoms with E-state index in [0.717, 1.165) is 11.5 Å². The van der Waals surface area contributed by atoms with E-state index in [1.165, 1.54) is 18.3 Å². The van der Waals surface area contributed by atoms with Gasteiger partial charge >= 0.3 is 0 Å². The van der Waals surface area contributed by atoms with Crippen molar-refractivity contribution in [3.63, 3.8) is 0 Å². The molecular weight excluding hydrogens is 401 g/mol. The molecule has 0 atom stereocenters. The van der Waals surface area contributed by atoms with Crippen molar-refractivity contribution in [3.05, 3.63) is 74.9 Å². The van der Waals surface area contributed by atoms with Crippen LogP contribution in [0.15, 0.2) is 67.8 Å². The molecule has 0 spiro atoms. The van der Waals surface area contributed by atoms with Gasteiger partial charge in [-0.2, -0.15) is 0 Å². The molecule has 0 unspecified atom stereocenters. The van der Waals surface area contributed by atoms with Crippen molar-refractivity contribution in [2.45, 2.75) is 0 Å². The van der Waals surface area contributed by atoms with Gasteiger partial charge in [-0.3, -0.25) is 0 Å². The molecule has 0 radical (unpaired) electrons. The van der Waals surface area contributed by atoms with Gasteiger partial charge in [0.25, 0.3) is 0 Å². The first-order valence-electron chi connectivity index (χ1n) is 6.61. The Kier molecular flexibility index (Phi) is 5.53. The van der Waals surface area contributed by atoms with Crippen molar-refractivity contribution in [3.8, 4) is 0 Å². The highest BCUT2D eigenvalue weighted by molar-refractivity contribution is 8.28. The van der Waals surface area contributed by atoms with Crippen molar-refractivity contribution in [2.75, 3.05) is 0 Å². The van der Waals surface area contributed by atoms with E-state index in [9.17, 15) is 0 Å². The Morgan fingerprint density at radius 2 is 1.35 bits per heavy atom. The highest BCUT2D eigenvalue weighted by Gasteiger charge is 2.16. The van der Waals surface area contributed by atoms with Gasteiger partial charge in [-0.05, 0) is 50.7 Å². The van der Waals surface area contributed by atoms with Crippen molar-refractivity contribution in [2.24, 2.45) is 0 Å². The number of hydrogen-bond acceptors (Lipinski definition) is 7.